The summed E-state index contributed by atoms with van der Waals surface area (Å²) in [6, 6.07) is 7.33. The van der Waals surface area contributed by atoms with Crippen molar-refractivity contribution in [3.05, 3.63) is 28.7 Å². The first-order valence-corrected chi connectivity index (χ1v) is 8.15. The van der Waals surface area contributed by atoms with E-state index < -0.39 is 0 Å². The number of hydrogen-bond acceptors (Lipinski definition) is 3. The number of piperazine rings is 1. The average molecular weight is 406 g/mol. The number of rotatable bonds is 4. The molecule has 1 heterocycles. The van der Waals surface area contributed by atoms with Gasteiger partial charge in [0, 0.05) is 48.8 Å². The molecule has 0 radical (unpaired) electrons. The van der Waals surface area contributed by atoms with E-state index in [1.165, 1.54) is 0 Å². The van der Waals surface area contributed by atoms with Crippen molar-refractivity contribution >= 4 is 46.0 Å². The Balaban J connectivity index is 0.00000264. The molecular weight excluding hydrogens is 384 g/mol. The standard InChI is InChI=1S/C15H21BrN4O2.ClH/c1-11-10-20(9-8-17-11)14(21)6-7-18-15(22)19-13-4-2-12(16)3-5-13;/h2-5,11,17H,6-10H2,1H3,(H2,18,19,22);1H. The van der Waals surface area contributed by atoms with Crippen molar-refractivity contribution in [1.29, 1.82) is 0 Å². The van der Waals surface area contributed by atoms with Gasteiger partial charge in [-0.05, 0) is 31.2 Å². The fourth-order valence-corrected chi connectivity index (χ4v) is 2.57. The van der Waals surface area contributed by atoms with E-state index in [-0.39, 0.29) is 24.3 Å². The zero-order valence-corrected chi connectivity index (χ0v) is 15.4. The summed E-state index contributed by atoms with van der Waals surface area (Å²) in [6.45, 7) is 4.67. The first kappa shape index (κ1) is 19.7. The van der Waals surface area contributed by atoms with Gasteiger partial charge >= 0.3 is 6.03 Å². The third kappa shape index (κ3) is 6.76. The minimum absolute atomic E-state index is 0. The lowest BCUT2D eigenvalue weighted by Gasteiger charge is -2.32. The molecule has 1 atom stereocenters. The number of hydrogen-bond donors (Lipinski definition) is 3. The van der Waals surface area contributed by atoms with Gasteiger partial charge in [0.25, 0.3) is 0 Å². The second kappa shape index (κ2) is 9.75. The molecule has 1 aliphatic heterocycles. The molecule has 0 bridgehead atoms. The van der Waals surface area contributed by atoms with Gasteiger partial charge in [0.15, 0.2) is 0 Å². The van der Waals surface area contributed by atoms with Gasteiger partial charge in [-0.1, -0.05) is 15.9 Å². The van der Waals surface area contributed by atoms with E-state index in [9.17, 15) is 9.59 Å². The molecular formula is C15H22BrClN4O2. The Morgan fingerprint density at radius 3 is 2.70 bits per heavy atom. The average Bonchev–Trinajstić information content (AvgIpc) is 2.49. The van der Waals surface area contributed by atoms with Crippen LogP contribution in [0.5, 0.6) is 0 Å². The summed E-state index contributed by atoms with van der Waals surface area (Å²) in [6.07, 6.45) is 0.320. The van der Waals surface area contributed by atoms with Gasteiger partial charge in [0.05, 0.1) is 0 Å². The van der Waals surface area contributed by atoms with Crippen molar-refractivity contribution in [2.75, 3.05) is 31.5 Å². The van der Waals surface area contributed by atoms with Gasteiger partial charge in [-0.15, -0.1) is 12.4 Å². The summed E-state index contributed by atoms with van der Waals surface area (Å²) in [7, 11) is 0. The number of nitrogens with zero attached hydrogens (tertiary/aromatic N) is 1. The Bertz CT molecular complexity index is 527. The number of benzene rings is 1. The largest absolute Gasteiger partial charge is 0.340 e. The van der Waals surface area contributed by atoms with Gasteiger partial charge in [-0.2, -0.15) is 0 Å². The Morgan fingerprint density at radius 2 is 2.04 bits per heavy atom. The van der Waals surface area contributed by atoms with Crippen LogP contribution in [0.3, 0.4) is 0 Å². The molecule has 2 rings (SSSR count). The zero-order chi connectivity index (χ0) is 15.9. The molecule has 0 spiro atoms. The lowest BCUT2D eigenvalue weighted by Crippen LogP contribution is -2.51. The maximum absolute atomic E-state index is 12.0. The Morgan fingerprint density at radius 1 is 1.35 bits per heavy atom. The molecule has 0 aliphatic carbocycles. The third-order valence-electron chi connectivity index (χ3n) is 3.45. The van der Waals surface area contributed by atoms with Crippen LogP contribution in [0.1, 0.15) is 13.3 Å². The van der Waals surface area contributed by atoms with E-state index in [1.807, 2.05) is 17.0 Å². The van der Waals surface area contributed by atoms with Gasteiger partial charge in [0.2, 0.25) is 5.91 Å². The Kier molecular flexibility index (Phi) is 8.36. The van der Waals surface area contributed by atoms with Crippen molar-refractivity contribution in [2.24, 2.45) is 0 Å². The van der Waals surface area contributed by atoms with Crippen LogP contribution < -0.4 is 16.0 Å². The molecule has 3 amide bonds. The predicted octanol–water partition coefficient (Wildman–Crippen LogP) is 2.20. The highest BCUT2D eigenvalue weighted by Gasteiger charge is 2.19. The van der Waals surface area contributed by atoms with Gasteiger partial charge in [0.1, 0.15) is 0 Å². The maximum atomic E-state index is 12.0. The van der Waals surface area contributed by atoms with E-state index in [0.29, 0.717) is 24.7 Å². The number of carbonyl (C=O) groups is 2. The molecule has 0 aromatic heterocycles. The molecule has 1 aliphatic rings. The number of halogens is 2. The van der Waals surface area contributed by atoms with Gasteiger partial charge < -0.3 is 20.9 Å². The molecule has 6 nitrogen and oxygen atoms in total. The molecule has 1 aromatic rings. The van der Waals surface area contributed by atoms with E-state index in [4.69, 9.17) is 0 Å². The molecule has 1 saturated heterocycles. The number of carbonyl (C=O) groups excluding carboxylic acids is 2. The summed E-state index contributed by atoms with van der Waals surface area (Å²) in [4.78, 5) is 25.6. The Labute approximate surface area is 150 Å². The van der Waals surface area contributed by atoms with Crippen LogP contribution in [0.25, 0.3) is 0 Å². The van der Waals surface area contributed by atoms with Crippen molar-refractivity contribution in [3.63, 3.8) is 0 Å². The van der Waals surface area contributed by atoms with Crippen LogP contribution in [0.4, 0.5) is 10.5 Å². The summed E-state index contributed by atoms with van der Waals surface area (Å²) < 4.78 is 0.953. The smallest absolute Gasteiger partial charge is 0.319 e. The molecule has 23 heavy (non-hydrogen) atoms. The molecule has 8 heteroatoms. The second-order valence-corrected chi connectivity index (χ2v) is 6.25. The SMILES string of the molecule is CC1CN(C(=O)CCNC(=O)Nc2ccc(Br)cc2)CCN1.Cl. The van der Waals surface area contributed by atoms with Crippen LogP contribution in [0, 0.1) is 0 Å². The molecule has 1 fully saturated rings. The first-order chi connectivity index (χ1) is 10.5. The number of urea groups is 1. The molecule has 1 aromatic carbocycles. The lowest BCUT2D eigenvalue weighted by molar-refractivity contribution is -0.132. The highest BCUT2D eigenvalue weighted by atomic mass is 79.9. The van der Waals surface area contributed by atoms with Crippen molar-refractivity contribution in [1.82, 2.24) is 15.5 Å². The fraction of sp³-hybridized carbons (Fsp3) is 0.467. The molecule has 0 saturated carbocycles. The van der Waals surface area contributed by atoms with E-state index in [0.717, 1.165) is 24.1 Å². The predicted molar refractivity (Wildman–Crippen MR) is 97.1 cm³/mol. The Hall–Kier alpha value is -1.31. The second-order valence-electron chi connectivity index (χ2n) is 5.33. The zero-order valence-electron chi connectivity index (χ0n) is 13.0. The van der Waals surface area contributed by atoms with Crippen LogP contribution in [0.15, 0.2) is 28.7 Å². The summed E-state index contributed by atoms with van der Waals surface area (Å²) in [5.74, 6) is 0.0808. The van der Waals surface area contributed by atoms with Gasteiger partial charge in [-0.25, -0.2) is 4.79 Å². The number of anilines is 1. The number of nitrogens with one attached hydrogen (secondary N) is 3. The maximum Gasteiger partial charge on any atom is 0.319 e. The van der Waals surface area contributed by atoms with Crippen LogP contribution in [0.2, 0.25) is 0 Å². The topological polar surface area (TPSA) is 73.5 Å². The van der Waals surface area contributed by atoms with Crippen LogP contribution in [-0.2, 0) is 4.79 Å². The quantitative estimate of drug-likeness (QED) is 0.719. The normalized spacial score (nSPS) is 17.1. The summed E-state index contributed by atoms with van der Waals surface area (Å²) in [5, 5.41) is 8.72. The first-order valence-electron chi connectivity index (χ1n) is 7.36. The molecule has 128 valence electrons. The minimum atomic E-state index is -0.302. The fourth-order valence-electron chi connectivity index (χ4n) is 2.31. The van der Waals surface area contributed by atoms with E-state index >= 15 is 0 Å². The highest BCUT2D eigenvalue weighted by Crippen LogP contribution is 2.13. The van der Waals surface area contributed by atoms with Crippen molar-refractivity contribution in [2.45, 2.75) is 19.4 Å². The van der Waals surface area contributed by atoms with Crippen LogP contribution >= 0.6 is 28.3 Å². The number of amides is 3. The highest BCUT2D eigenvalue weighted by molar-refractivity contribution is 9.10. The lowest BCUT2D eigenvalue weighted by atomic mass is 10.2. The van der Waals surface area contributed by atoms with Crippen molar-refractivity contribution < 1.29 is 9.59 Å². The monoisotopic (exact) mass is 404 g/mol. The van der Waals surface area contributed by atoms with Gasteiger partial charge in [-0.3, -0.25) is 4.79 Å². The summed E-state index contributed by atoms with van der Waals surface area (Å²) in [5.41, 5.74) is 0.711. The molecule has 3 N–H and O–H groups in total. The van der Waals surface area contributed by atoms with Crippen molar-refractivity contribution in [3.8, 4) is 0 Å². The minimum Gasteiger partial charge on any atom is -0.340 e. The third-order valence-corrected chi connectivity index (χ3v) is 3.98. The van der Waals surface area contributed by atoms with E-state index in [1.54, 1.807) is 12.1 Å². The molecule has 1 unspecified atom stereocenters. The van der Waals surface area contributed by atoms with E-state index in [2.05, 4.69) is 38.8 Å². The van der Waals surface area contributed by atoms with Crippen LogP contribution in [-0.4, -0.2) is 49.1 Å². The summed E-state index contributed by atoms with van der Waals surface area (Å²) >= 11 is 3.34.